The van der Waals surface area contributed by atoms with E-state index in [4.69, 9.17) is 53.2 Å². The second-order valence-electron chi connectivity index (χ2n) is 21.8. The first-order valence-corrected chi connectivity index (χ1v) is 25.5. The first-order valence-electron chi connectivity index (χ1n) is 25.5. The number of hydrogen-bond acceptors (Lipinski definition) is 25. The van der Waals surface area contributed by atoms with Crippen molar-refractivity contribution < 1.29 is 124 Å². The van der Waals surface area contributed by atoms with Gasteiger partial charge in [-0.2, -0.15) is 0 Å². The summed E-state index contributed by atoms with van der Waals surface area (Å²) in [5, 5.41) is 142. The number of aliphatic hydroxyl groups excluding tert-OH is 11. The number of carbonyl (C=O) groups is 3. The molecule has 0 aromatic heterocycles. The molecule has 4 fully saturated rings. The van der Waals surface area contributed by atoms with Crippen LogP contribution in [0.4, 0.5) is 0 Å². The standard InChI is InChI=1S/C37H67NO13.C12H22O12/c1-14-25-37(10,45)30(41)20(4)27(39)18(2)16-35(8,44)32(51-34-28(40)24(38(11)12)15-19(3)47-34)21(5)29(22(6)33(43)49-25)50-26-17-36(9,46-13)31(42)23(7)48-26;13-1-3(15)10(7(18)8(19)11(21)22)24-12-9(20)6(17)5(16)4(2-14)23-12/h18-26,28-32,34,40-42,44-45H,14-17H2,1-13H3;3-10,12-20H,1-2H2,(H,21,22)/t18-,19-,20+,21-,22-,23+,24+,25-,26+,28-,29+,30+,31+,32-,34+,35-,36-,37-;3-,4-,5+,6+,7-,8-,9-,10-,12+/m11/s1. The lowest BCUT2D eigenvalue weighted by Gasteiger charge is -2.49. The second-order valence-corrected chi connectivity index (χ2v) is 21.8. The highest BCUT2D eigenvalue weighted by Crippen LogP contribution is 2.41. The molecule has 0 aromatic carbocycles. The maximum atomic E-state index is 14.1. The molecule has 0 amide bonds. The smallest absolute Gasteiger partial charge is 0.335 e. The number of ketones is 1. The van der Waals surface area contributed by atoms with E-state index < -0.39 is 182 Å². The lowest BCUT2D eigenvalue weighted by Crippen LogP contribution is -2.61. The van der Waals surface area contributed by atoms with Gasteiger partial charge in [-0.05, 0) is 74.9 Å². The maximum absolute atomic E-state index is 14.1. The van der Waals surface area contributed by atoms with Crippen LogP contribution in [0.3, 0.4) is 0 Å². The monoisotopic (exact) mass is 1090 g/mol. The molecule has 4 saturated heterocycles. The molecule has 440 valence electrons. The van der Waals surface area contributed by atoms with E-state index in [0.717, 1.165) is 0 Å². The fourth-order valence-corrected chi connectivity index (χ4v) is 10.6. The van der Waals surface area contributed by atoms with Crippen molar-refractivity contribution in [3.63, 3.8) is 0 Å². The van der Waals surface area contributed by atoms with Crippen LogP contribution in [0.25, 0.3) is 0 Å². The Balaban J connectivity index is 0.000000516. The molecule has 26 heteroatoms. The van der Waals surface area contributed by atoms with E-state index in [1.165, 1.54) is 27.9 Å². The molecule has 0 spiro atoms. The Hall–Kier alpha value is -2.23. The van der Waals surface area contributed by atoms with Gasteiger partial charge in [-0.25, -0.2) is 4.79 Å². The molecule has 27 atom stereocenters. The molecule has 14 N–H and O–H groups in total. The number of aliphatic carboxylic acids is 1. The summed E-state index contributed by atoms with van der Waals surface area (Å²) in [7, 11) is 5.18. The minimum Gasteiger partial charge on any atom is -0.479 e. The predicted molar refractivity (Wildman–Crippen MR) is 258 cm³/mol. The zero-order chi connectivity index (χ0) is 57.6. The number of cyclic esters (lactones) is 1. The number of Topliss-reactive ketones (excluding diaryl/α,β-unsaturated/α-hetero) is 1. The lowest BCUT2D eigenvalue weighted by molar-refractivity contribution is -0.326. The molecule has 26 nitrogen and oxygen atoms in total. The molecule has 0 aliphatic carbocycles. The van der Waals surface area contributed by atoms with Gasteiger partial charge in [-0.1, -0.05) is 27.7 Å². The van der Waals surface area contributed by atoms with Crippen LogP contribution in [0, 0.1) is 23.7 Å². The Morgan fingerprint density at radius 1 is 0.800 bits per heavy atom. The number of nitrogens with zero attached hydrogens (tertiary/aromatic N) is 1. The van der Waals surface area contributed by atoms with Crippen LogP contribution in [-0.2, 0) is 52.3 Å². The fourth-order valence-electron chi connectivity index (χ4n) is 10.6. The van der Waals surface area contributed by atoms with Crippen LogP contribution in [-0.4, -0.2) is 268 Å². The third kappa shape index (κ3) is 15.8. The molecule has 4 aliphatic heterocycles. The zero-order valence-corrected chi connectivity index (χ0v) is 45.3. The summed E-state index contributed by atoms with van der Waals surface area (Å²) in [6, 6.07) is -0.324. The number of aliphatic hydroxyl groups is 13. The molecule has 75 heavy (non-hydrogen) atoms. The Labute approximate surface area is 438 Å². The normalized spacial score (nSPS) is 45.3. The summed E-state index contributed by atoms with van der Waals surface area (Å²) in [4.78, 5) is 40.5. The van der Waals surface area contributed by atoms with Gasteiger partial charge in [-0.3, -0.25) is 9.59 Å². The van der Waals surface area contributed by atoms with E-state index >= 15 is 0 Å². The largest absolute Gasteiger partial charge is 0.479 e. The Kier molecular flexibility index (Phi) is 24.8. The molecule has 4 rings (SSSR count). The Bertz CT molecular complexity index is 1790. The van der Waals surface area contributed by atoms with Crippen molar-refractivity contribution in [3.8, 4) is 0 Å². The highest BCUT2D eigenvalue weighted by Gasteiger charge is 2.54. The van der Waals surface area contributed by atoms with Crippen molar-refractivity contribution in [1.82, 2.24) is 4.90 Å². The number of rotatable bonds is 15. The van der Waals surface area contributed by atoms with E-state index in [1.807, 2.05) is 25.9 Å². The van der Waals surface area contributed by atoms with Gasteiger partial charge >= 0.3 is 11.9 Å². The number of likely N-dealkylation sites (N-methyl/N-ethyl adjacent to an activating group) is 1. The number of carboxylic acid groups (broad SMARTS) is 1. The topological polar surface area (TPSA) is 412 Å². The minimum absolute atomic E-state index is 0.0936. The van der Waals surface area contributed by atoms with Crippen LogP contribution in [0.1, 0.15) is 94.9 Å². The first-order chi connectivity index (χ1) is 34.6. The van der Waals surface area contributed by atoms with Crippen LogP contribution in [0.15, 0.2) is 0 Å². The fraction of sp³-hybridized carbons (Fsp3) is 0.939. The highest BCUT2D eigenvalue weighted by atomic mass is 16.7. The summed E-state index contributed by atoms with van der Waals surface area (Å²) < 4.78 is 47.0. The van der Waals surface area contributed by atoms with Crippen LogP contribution >= 0.6 is 0 Å². The van der Waals surface area contributed by atoms with Crippen molar-refractivity contribution >= 4 is 17.7 Å². The molecule has 4 heterocycles. The van der Waals surface area contributed by atoms with Crippen molar-refractivity contribution in [2.45, 2.75) is 234 Å². The van der Waals surface area contributed by atoms with Crippen molar-refractivity contribution in [1.29, 1.82) is 0 Å². The van der Waals surface area contributed by atoms with Gasteiger partial charge in [0.2, 0.25) is 0 Å². The van der Waals surface area contributed by atoms with Crippen LogP contribution < -0.4 is 0 Å². The van der Waals surface area contributed by atoms with Gasteiger partial charge in [0.05, 0.1) is 60.9 Å². The van der Waals surface area contributed by atoms with Gasteiger partial charge in [0.15, 0.2) is 25.0 Å². The number of ether oxygens (including phenoxy) is 8. The average Bonchev–Trinajstić information content (AvgIpc) is 3.35. The predicted octanol–water partition coefficient (Wildman–Crippen LogP) is -3.88. The molecule has 0 unspecified atom stereocenters. The van der Waals surface area contributed by atoms with E-state index in [9.17, 15) is 70.6 Å². The van der Waals surface area contributed by atoms with Gasteiger partial charge < -0.3 is 114 Å². The Morgan fingerprint density at radius 3 is 1.92 bits per heavy atom. The molecule has 0 aromatic rings. The number of carbonyl (C=O) groups excluding carboxylic acids is 2. The maximum Gasteiger partial charge on any atom is 0.335 e. The Morgan fingerprint density at radius 2 is 1.40 bits per heavy atom. The summed E-state index contributed by atoms with van der Waals surface area (Å²) in [5.41, 5.74) is -4.84. The third-order valence-electron chi connectivity index (χ3n) is 15.4. The molecule has 0 bridgehead atoms. The molecular weight excluding hydrogens is 1000 g/mol. The molecule has 0 radical (unpaired) electrons. The summed E-state index contributed by atoms with van der Waals surface area (Å²) >= 11 is 0. The van der Waals surface area contributed by atoms with Gasteiger partial charge in [0.25, 0.3) is 0 Å². The number of esters is 1. The van der Waals surface area contributed by atoms with E-state index in [2.05, 4.69) is 0 Å². The van der Waals surface area contributed by atoms with Gasteiger partial charge in [0.1, 0.15) is 72.4 Å². The minimum atomic E-state index is -2.39. The van der Waals surface area contributed by atoms with Crippen molar-refractivity contribution in [2.75, 3.05) is 34.4 Å². The van der Waals surface area contributed by atoms with E-state index in [-0.39, 0.29) is 31.4 Å². The van der Waals surface area contributed by atoms with E-state index in [1.54, 1.807) is 41.5 Å². The summed E-state index contributed by atoms with van der Waals surface area (Å²) in [6.07, 6.45) is -26.6. The number of carboxylic acids is 1. The van der Waals surface area contributed by atoms with Crippen LogP contribution in [0.5, 0.6) is 0 Å². The second kappa shape index (κ2) is 27.8. The number of methoxy groups -OCH3 is 1. The SMILES string of the molecule is CC[C@H]1OC(=O)[C@H](C)[C@@H](O[C@H]2C[C@@](C)(OC)[C@@H](O)[C@H](C)O2)[C@@H](C)[C@@H](O[C@@H]2O[C@H](C)C[C@H](N(C)C)[C@H]2O)[C@](C)(O)C[C@@H](C)C(=O)[C@H](C)[C@H](O)[C@]1(C)O.O=C(O)[C@H](O)[C@@H](O)[C@H](O[C@@H]1O[C@H](CO)[C@H](O)[C@H](O)[C@H]1O)[C@H](O)CO. The van der Waals surface area contributed by atoms with Crippen molar-refractivity contribution in [2.24, 2.45) is 23.7 Å². The van der Waals surface area contributed by atoms with Gasteiger partial charge in [-0.15, -0.1) is 0 Å². The molecule has 4 aliphatic rings. The zero-order valence-electron chi connectivity index (χ0n) is 45.3. The lowest BCUT2D eigenvalue weighted by atomic mass is 9.74. The highest BCUT2D eigenvalue weighted by molar-refractivity contribution is 5.83. The number of hydrogen-bond donors (Lipinski definition) is 14. The molecule has 0 saturated carbocycles. The van der Waals surface area contributed by atoms with Gasteiger partial charge in [0, 0.05) is 37.3 Å². The first kappa shape index (κ1) is 67.0. The average molecular weight is 1090 g/mol. The van der Waals surface area contributed by atoms with Crippen molar-refractivity contribution in [3.05, 3.63) is 0 Å². The summed E-state index contributed by atoms with van der Waals surface area (Å²) in [6.45, 7) is 14.6. The van der Waals surface area contributed by atoms with E-state index in [0.29, 0.717) is 6.42 Å². The third-order valence-corrected chi connectivity index (χ3v) is 15.4. The molecular formula is C49H89NO25. The van der Waals surface area contributed by atoms with Crippen LogP contribution in [0.2, 0.25) is 0 Å². The quantitative estimate of drug-likeness (QED) is 0.0698. The summed E-state index contributed by atoms with van der Waals surface area (Å²) in [5.74, 6) is -6.81.